The average molecular weight is 249 g/mol. The van der Waals surface area contributed by atoms with Crippen LogP contribution in [0.4, 0.5) is 5.69 Å². The van der Waals surface area contributed by atoms with Gasteiger partial charge in [-0.05, 0) is 12.1 Å². The van der Waals surface area contributed by atoms with Crippen LogP contribution in [0.1, 0.15) is 10.4 Å². The fraction of sp³-hybridized carbons (Fsp3) is 0. The molecule has 1 aromatic carbocycles. The molecule has 0 aliphatic heterocycles. The fourth-order valence-electron chi connectivity index (χ4n) is 1.02. The van der Waals surface area contributed by atoms with Gasteiger partial charge in [-0.25, -0.2) is 4.79 Å². The molecule has 8 heteroatoms. The normalized spacial score (nSPS) is 11.4. The monoisotopic (exact) mass is 249 g/mol. The molecule has 0 unspecified atom stereocenters. The molecule has 0 heterocycles. The van der Waals surface area contributed by atoms with Gasteiger partial charge in [-0.15, -0.1) is 12.6 Å². The van der Waals surface area contributed by atoms with Crippen LogP contribution in [0.3, 0.4) is 0 Å². The molecule has 0 amide bonds. The Morgan fingerprint density at radius 2 is 1.93 bits per heavy atom. The Hall–Kier alpha value is -1.01. The van der Waals surface area contributed by atoms with E-state index in [0.717, 1.165) is 12.1 Å². The van der Waals surface area contributed by atoms with E-state index in [1.54, 1.807) is 0 Å². The van der Waals surface area contributed by atoms with Crippen molar-refractivity contribution in [1.29, 1.82) is 0 Å². The highest BCUT2D eigenvalue weighted by molar-refractivity contribution is 7.81. The number of nitrogen functional groups attached to an aromatic ring is 1. The second-order valence-electron chi connectivity index (χ2n) is 2.74. The summed E-state index contributed by atoms with van der Waals surface area (Å²) in [6, 6.07) is 2.04. The van der Waals surface area contributed by atoms with Gasteiger partial charge in [0.1, 0.15) is 0 Å². The number of anilines is 1. The van der Waals surface area contributed by atoms with Crippen LogP contribution in [0, 0.1) is 0 Å². The van der Waals surface area contributed by atoms with Crippen molar-refractivity contribution in [3.05, 3.63) is 17.7 Å². The molecule has 0 aliphatic carbocycles. The van der Waals surface area contributed by atoms with E-state index in [9.17, 15) is 9.36 Å². The Morgan fingerprint density at radius 3 is 2.33 bits per heavy atom. The van der Waals surface area contributed by atoms with Crippen molar-refractivity contribution < 1.29 is 24.3 Å². The SMILES string of the molecule is Nc1c(C(=O)O)ccc(P(=O)(O)O)c1S. The maximum Gasteiger partial charge on any atom is 0.357 e. The first-order valence-corrected chi connectivity index (χ1v) is 5.72. The van der Waals surface area contributed by atoms with Crippen molar-refractivity contribution in [3.8, 4) is 0 Å². The van der Waals surface area contributed by atoms with E-state index in [0.29, 0.717) is 0 Å². The summed E-state index contributed by atoms with van der Waals surface area (Å²) in [6.45, 7) is 0. The third kappa shape index (κ3) is 2.32. The van der Waals surface area contributed by atoms with Gasteiger partial charge in [0.25, 0.3) is 0 Å². The van der Waals surface area contributed by atoms with E-state index in [-0.39, 0.29) is 21.5 Å². The van der Waals surface area contributed by atoms with Crippen LogP contribution in [0.2, 0.25) is 0 Å². The molecule has 5 N–H and O–H groups in total. The van der Waals surface area contributed by atoms with Crippen LogP contribution in [0.25, 0.3) is 0 Å². The highest BCUT2D eigenvalue weighted by Gasteiger charge is 2.24. The second kappa shape index (κ2) is 3.86. The van der Waals surface area contributed by atoms with Crippen molar-refractivity contribution in [3.63, 3.8) is 0 Å². The number of carboxylic acids is 1. The third-order valence-electron chi connectivity index (χ3n) is 1.74. The summed E-state index contributed by atoms with van der Waals surface area (Å²) in [7, 11) is -4.48. The number of benzene rings is 1. The molecule has 82 valence electrons. The molecule has 0 aliphatic rings. The zero-order chi connectivity index (χ0) is 11.8. The molecule has 0 atom stereocenters. The van der Waals surface area contributed by atoms with Gasteiger partial charge in [-0.1, -0.05) is 0 Å². The predicted octanol–water partition coefficient (Wildman–Crippen LogP) is 0.0587. The quantitative estimate of drug-likeness (QED) is 0.287. The molecule has 0 spiro atoms. The molecule has 0 saturated carbocycles. The lowest BCUT2D eigenvalue weighted by Gasteiger charge is -2.10. The van der Waals surface area contributed by atoms with Crippen molar-refractivity contribution >= 4 is 37.2 Å². The fourth-order valence-corrected chi connectivity index (χ4v) is 2.27. The number of hydrogen-bond donors (Lipinski definition) is 5. The molecule has 0 radical (unpaired) electrons. The lowest BCUT2D eigenvalue weighted by molar-refractivity contribution is 0.0698. The van der Waals surface area contributed by atoms with E-state index in [1.807, 2.05) is 0 Å². The van der Waals surface area contributed by atoms with Crippen LogP contribution in [-0.2, 0) is 4.57 Å². The van der Waals surface area contributed by atoms with Crippen LogP contribution in [-0.4, -0.2) is 20.9 Å². The van der Waals surface area contributed by atoms with E-state index in [4.69, 9.17) is 20.6 Å². The summed E-state index contributed by atoms with van der Waals surface area (Å²) < 4.78 is 10.9. The lowest BCUT2D eigenvalue weighted by Crippen LogP contribution is -2.12. The van der Waals surface area contributed by atoms with E-state index < -0.39 is 13.6 Å². The molecule has 0 aromatic heterocycles. The number of carbonyl (C=O) groups is 1. The maximum atomic E-state index is 10.9. The number of aromatic carboxylic acids is 1. The number of nitrogens with two attached hydrogens (primary N) is 1. The summed E-state index contributed by atoms with van der Waals surface area (Å²) in [4.78, 5) is 28.2. The Balaban J connectivity index is 3.47. The standard InChI is InChI=1S/C7H8NO5PS/c8-5-3(7(9)10)1-2-4(6(5)15)14(11,12)13/h1-2,15H,8H2,(H,9,10)(H2,11,12,13). The number of carboxylic acid groups (broad SMARTS) is 1. The molecule has 6 nitrogen and oxygen atoms in total. The van der Waals surface area contributed by atoms with Crippen LogP contribution in [0.15, 0.2) is 17.0 Å². The summed E-state index contributed by atoms with van der Waals surface area (Å²) in [5, 5.41) is 8.29. The number of hydrogen-bond acceptors (Lipinski definition) is 4. The Bertz CT molecular complexity index is 469. The highest BCUT2D eigenvalue weighted by atomic mass is 32.1. The van der Waals surface area contributed by atoms with Crippen LogP contribution < -0.4 is 11.0 Å². The topological polar surface area (TPSA) is 121 Å². The first-order valence-electron chi connectivity index (χ1n) is 3.66. The van der Waals surface area contributed by atoms with Gasteiger partial charge in [-0.2, -0.15) is 0 Å². The molecule has 0 fully saturated rings. The van der Waals surface area contributed by atoms with Gasteiger partial charge in [0, 0.05) is 4.90 Å². The second-order valence-corrected chi connectivity index (χ2v) is 4.76. The van der Waals surface area contributed by atoms with Crippen molar-refractivity contribution in [2.45, 2.75) is 4.90 Å². The van der Waals surface area contributed by atoms with E-state index in [1.165, 1.54) is 0 Å². The molecular formula is C7H8NO5PS. The molecule has 1 rings (SSSR count). The molecule has 0 bridgehead atoms. The smallest absolute Gasteiger partial charge is 0.357 e. The van der Waals surface area contributed by atoms with Crippen molar-refractivity contribution in [1.82, 2.24) is 0 Å². The minimum atomic E-state index is -4.48. The van der Waals surface area contributed by atoms with Gasteiger partial charge in [0.15, 0.2) is 0 Å². The highest BCUT2D eigenvalue weighted by Crippen LogP contribution is 2.38. The Kier molecular flexibility index (Phi) is 3.11. The van der Waals surface area contributed by atoms with Gasteiger partial charge >= 0.3 is 13.6 Å². The molecule has 0 saturated heterocycles. The Morgan fingerprint density at radius 1 is 1.40 bits per heavy atom. The third-order valence-corrected chi connectivity index (χ3v) is 3.40. The zero-order valence-corrected chi connectivity index (χ0v) is 9.07. The summed E-state index contributed by atoms with van der Waals surface area (Å²) in [6.07, 6.45) is 0. The van der Waals surface area contributed by atoms with Crippen LogP contribution in [0.5, 0.6) is 0 Å². The van der Waals surface area contributed by atoms with Crippen molar-refractivity contribution in [2.24, 2.45) is 0 Å². The maximum absolute atomic E-state index is 10.9. The van der Waals surface area contributed by atoms with Gasteiger partial charge in [0.05, 0.1) is 16.6 Å². The number of rotatable bonds is 2. The van der Waals surface area contributed by atoms with E-state index >= 15 is 0 Å². The molecular weight excluding hydrogens is 241 g/mol. The minimum absolute atomic E-state index is 0.205. The molecule has 1 aromatic rings. The predicted molar refractivity (Wildman–Crippen MR) is 56.7 cm³/mol. The Labute approximate surface area is 90.3 Å². The molecule has 15 heavy (non-hydrogen) atoms. The van der Waals surface area contributed by atoms with Crippen molar-refractivity contribution in [2.75, 3.05) is 5.73 Å². The van der Waals surface area contributed by atoms with E-state index in [2.05, 4.69) is 12.6 Å². The largest absolute Gasteiger partial charge is 0.478 e. The summed E-state index contributed by atoms with van der Waals surface area (Å²) in [5.74, 6) is -1.28. The van der Waals surface area contributed by atoms with Gasteiger partial charge in [0.2, 0.25) is 0 Å². The van der Waals surface area contributed by atoms with Crippen LogP contribution >= 0.6 is 20.2 Å². The van der Waals surface area contributed by atoms with Gasteiger partial charge in [-0.3, -0.25) is 4.57 Å². The zero-order valence-electron chi connectivity index (χ0n) is 7.28. The van der Waals surface area contributed by atoms with Gasteiger partial charge < -0.3 is 20.6 Å². The summed E-state index contributed by atoms with van der Waals surface area (Å²) in [5.41, 5.74) is 4.88. The number of thiol groups is 1. The average Bonchev–Trinajstić information content (AvgIpc) is 2.06. The summed E-state index contributed by atoms with van der Waals surface area (Å²) >= 11 is 3.79. The first-order chi connectivity index (χ1) is 6.75. The first kappa shape index (κ1) is 12.1. The minimum Gasteiger partial charge on any atom is -0.478 e. The lowest BCUT2D eigenvalue weighted by atomic mass is 10.2.